The van der Waals surface area contributed by atoms with Gasteiger partial charge in [-0.25, -0.2) is 0 Å². The smallest absolute Gasteiger partial charge is 0.312 e. The number of aromatic nitrogens is 1. The highest BCUT2D eigenvalue weighted by Gasteiger charge is 2.34. The monoisotopic (exact) mass is 525 g/mol. The summed E-state index contributed by atoms with van der Waals surface area (Å²) in [5, 5.41) is 9.56. The number of carbonyl (C=O) groups excluding carboxylic acids is 1. The molecule has 1 atom stereocenters. The Labute approximate surface area is 227 Å². The molecule has 1 aromatic heterocycles. The number of pyridine rings is 1. The van der Waals surface area contributed by atoms with E-state index in [4.69, 9.17) is 14.2 Å². The summed E-state index contributed by atoms with van der Waals surface area (Å²) >= 11 is 0. The van der Waals surface area contributed by atoms with Gasteiger partial charge in [0.1, 0.15) is 23.0 Å². The van der Waals surface area contributed by atoms with Gasteiger partial charge in [-0.05, 0) is 54.8 Å². The molecule has 7 nitrogen and oxygen atoms in total. The van der Waals surface area contributed by atoms with E-state index in [1.165, 1.54) is 0 Å². The van der Waals surface area contributed by atoms with Gasteiger partial charge < -0.3 is 23.9 Å². The fraction of sp³-hybridized carbons (Fsp3) is 0.250. The van der Waals surface area contributed by atoms with Crippen LogP contribution in [-0.2, 0) is 24.2 Å². The summed E-state index contributed by atoms with van der Waals surface area (Å²) in [4.78, 5) is 26.5. The van der Waals surface area contributed by atoms with Crippen LogP contribution < -0.4 is 19.8 Å². The first-order valence-corrected chi connectivity index (χ1v) is 13.0. The second kappa shape index (κ2) is 11.5. The maximum absolute atomic E-state index is 13.8. The highest BCUT2D eigenvalue weighted by molar-refractivity contribution is 5.78. The van der Waals surface area contributed by atoms with Crippen LogP contribution in [0.4, 0.5) is 0 Å². The zero-order valence-corrected chi connectivity index (χ0v) is 22.1. The first kappa shape index (κ1) is 26.1. The summed E-state index contributed by atoms with van der Waals surface area (Å²) in [5.74, 6) is 1.11. The van der Waals surface area contributed by atoms with Crippen molar-refractivity contribution in [2.24, 2.45) is 0 Å². The molecule has 0 spiro atoms. The number of esters is 1. The Kier molecular flexibility index (Phi) is 7.68. The molecule has 5 rings (SSSR count). The molecule has 2 heterocycles. The van der Waals surface area contributed by atoms with Crippen molar-refractivity contribution in [1.82, 2.24) is 4.57 Å². The van der Waals surface area contributed by atoms with Gasteiger partial charge in [0.05, 0.1) is 25.7 Å². The van der Waals surface area contributed by atoms with Crippen molar-refractivity contribution in [2.75, 3.05) is 13.7 Å². The first-order valence-electron chi connectivity index (χ1n) is 13.0. The van der Waals surface area contributed by atoms with Crippen molar-refractivity contribution >= 4 is 5.97 Å². The van der Waals surface area contributed by atoms with Crippen LogP contribution in [0.15, 0.2) is 83.7 Å². The van der Waals surface area contributed by atoms with Crippen molar-refractivity contribution < 1.29 is 24.1 Å². The van der Waals surface area contributed by atoms with Gasteiger partial charge >= 0.3 is 5.97 Å². The van der Waals surface area contributed by atoms with Crippen molar-refractivity contribution in [1.29, 1.82) is 0 Å². The number of methoxy groups -OCH3 is 1. The Bertz CT molecular complexity index is 1520. The first-order chi connectivity index (χ1) is 18.9. The van der Waals surface area contributed by atoms with Gasteiger partial charge in [0, 0.05) is 36.2 Å². The summed E-state index contributed by atoms with van der Waals surface area (Å²) in [7, 11) is 1.64. The number of para-hydroxylation sites is 1. The lowest BCUT2D eigenvalue weighted by molar-refractivity contribution is -0.135. The Morgan fingerprint density at radius 3 is 2.38 bits per heavy atom. The van der Waals surface area contributed by atoms with Gasteiger partial charge in [0.15, 0.2) is 0 Å². The van der Waals surface area contributed by atoms with E-state index in [0.717, 1.165) is 28.1 Å². The number of ether oxygens (including phenoxy) is 3. The summed E-state index contributed by atoms with van der Waals surface area (Å²) < 4.78 is 18.7. The van der Waals surface area contributed by atoms with Crippen LogP contribution >= 0.6 is 0 Å². The Hall–Kier alpha value is -4.52. The van der Waals surface area contributed by atoms with E-state index < -0.39 is 5.92 Å². The third-order valence-corrected chi connectivity index (χ3v) is 7.11. The average Bonchev–Trinajstić information content (AvgIpc) is 2.94. The predicted molar refractivity (Wildman–Crippen MR) is 148 cm³/mol. The molecule has 39 heavy (non-hydrogen) atoms. The Morgan fingerprint density at radius 1 is 0.949 bits per heavy atom. The van der Waals surface area contributed by atoms with E-state index in [1.54, 1.807) is 29.9 Å². The second-order valence-electron chi connectivity index (χ2n) is 9.65. The number of phenols is 1. The topological polar surface area (TPSA) is 87.0 Å². The van der Waals surface area contributed by atoms with Crippen LogP contribution in [0, 0.1) is 6.92 Å². The lowest BCUT2D eigenvalue weighted by atomic mass is 9.86. The predicted octanol–water partition coefficient (Wildman–Crippen LogP) is 5.18. The number of phenolic OH excluding ortho intramolecular Hbond substituents is 1. The molecule has 4 aromatic rings. The zero-order valence-electron chi connectivity index (χ0n) is 22.1. The van der Waals surface area contributed by atoms with Crippen molar-refractivity contribution in [2.45, 2.75) is 38.6 Å². The number of hydrogen-bond acceptors (Lipinski definition) is 6. The summed E-state index contributed by atoms with van der Waals surface area (Å²) in [6.45, 7) is 2.74. The summed E-state index contributed by atoms with van der Waals surface area (Å²) in [5.41, 5.74) is 3.93. The molecule has 0 bridgehead atoms. The lowest BCUT2D eigenvalue weighted by Gasteiger charge is -2.27. The van der Waals surface area contributed by atoms with Crippen molar-refractivity contribution in [3.8, 4) is 23.0 Å². The molecule has 0 saturated carbocycles. The van der Waals surface area contributed by atoms with Crippen LogP contribution in [0.2, 0.25) is 0 Å². The van der Waals surface area contributed by atoms with E-state index in [-0.39, 0.29) is 23.7 Å². The van der Waals surface area contributed by atoms with Gasteiger partial charge in [0.25, 0.3) is 5.56 Å². The lowest BCUT2D eigenvalue weighted by Crippen LogP contribution is -2.33. The molecule has 0 amide bonds. The molecule has 1 unspecified atom stereocenters. The highest BCUT2D eigenvalue weighted by Crippen LogP contribution is 2.40. The van der Waals surface area contributed by atoms with Crippen molar-refractivity contribution in [3.63, 3.8) is 0 Å². The maximum Gasteiger partial charge on any atom is 0.312 e. The van der Waals surface area contributed by atoms with Gasteiger partial charge in [0.2, 0.25) is 0 Å². The standard InChI is InChI=1S/C32H31NO6/c1-21-19-29-31(32(36)33(21)17-15-22-7-11-24(34)12-8-22)27(20-30(35)39-29)26-5-3-4-6-28(26)38-18-16-23-9-13-25(37-2)14-10-23/h3-14,19,27,34H,15-18,20H2,1-2H3. The van der Waals surface area contributed by atoms with E-state index in [2.05, 4.69) is 0 Å². The number of hydrogen-bond donors (Lipinski definition) is 1. The fourth-order valence-corrected chi connectivity index (χ4v) is 5.01. The molecular weight excluding hydrogens is 494 g/mol. The van der Waals surface area contributed by atoms with E-state index in [9.17, 15) is 14.7 Å². The zero-order chi connectivity index (χ0) is 27.4. The minimum atomic E-state index is -0.480. The molecule has 0 fully saturated rings. The highest BCUT2D eigenvalue weighted by atomic mass is 16.5. The number of carbonyl (C=O) groups is 1. The minimum Gasteiger partial charge on any atom is -0.508 e. The normalized spacial score (nSPS) is 14.4. The molecule has 0 aliphatic carbocycles. The maximum atomic E-state index is 13.8. The van der Waals surface area contributed by atoms with Gasteiger partial charge in [-0.1, -0.05) is 42.5 Å². The van der Waals surface area contributed by atoms with Crippen LogP contribution in [0.3, 0.4) is 0 Å². The quantitative estimate of drug-likeness (QED) is 0.303. The molecule has 3 aromatic carbocycles. The summed E-state index contributed by atoms with van der Waals surface area (Å²) in [6.07, 6.45) is 1.38. The fourth-order valence-electron chi connectivity index (χ4n) is 5.01. The molecule has 1 aliphatic rings. The Balaban J connectivity index is 1.41. The molecule has 1 N–H and O–H groups in total. The molecule has 0 saturated heterocycles. The largest absolute Gasteiger partial charge is 0.508 e. The van der Waals surface area contributed by atoms with Crippen molar-refractivity contribution in [3.05, 3.63) is 117 Å². The number of rotatable bonds is 9. The number of benzene rings is 3. The third kappa shape index (κ3) is 5.82. The van der Waals surface area contributed by atoms with Gasteiger partial charge in [-0.2, -0.15) is 0 Å². The summed E-state index contributed by atoms with van der Waals surface area (Å²) in [6, 6.07) is 24.2. The number of aryl methyl sites for hydroxylation is 2. The molecule has 200 valence electrons. The van der Waals surface area contributed by atoms with Crippen LogP contribution in [0.1, 0.15) is 40.3 Å². The SMILES string of the molecule is COc1ccc(CCOc2ccccc2C2CC(=O)Oc3cc(C)n(CCc4ccc(O)cc4)c(=O)c32)cc1. The molecule has 0 radical (unpaired) electrons. The number of aromatic hydroxyl groups is 1. The van der Waals surface area contributed by atoms with E-state index in [1.807, 2.05) is 67.6 Å². The van der Waals surface area contributed by atoms with Crippen LogP contribution in [0.25, 0.3) is 0 Å². The minimum absolute atomic E-state index is 0.0577. The van der Waals surface area contributed by atoms with Crippen LogP contribution in [-0.4, -0.2) is 29.4 Å². The van der Waals surface area contributed by atoms with Crippen LogP contribution in [0.5, 0.6) is 23.0 Å². The molecule has 1 aliphatic heterocycles. The molecular formula is C32H31NO6. The van der Waals surface area contributed by atoms with Gasteiger partial charge in [-0.3, -0.25) is 9.59 Å². The van der Waals surface area contributed by atoms with E-state index >= 15 is 0 Å². The number of nitrogens with zero attached hydrogens (tertiary/aromatic N) is 1. The second-order valence-corrected chi connectivity index (χ2v) is 9.65. The number of fused-ring (bicyclic) bond motifs is 1. The van der Waals surface area contributed by atoms with E-state index in [0.29, 0.717) is 43.1 Å². The third-order valence-electron chi connectivity index (χ3n) is 7.11. The Morgan fingerprint density at radius 2 is 1.64 bits per heavy atom. The van der Waals surface area contributed by atoms with Gasteiger partial charge in [-0.15, -0.1) is 0 Å². The average molecular weight is 526 g/mol. The molecule has 7 heteroatoms.